The number of rotatable bonds is 14. The SMILES string of the molecule is CC(C)C[C@@H]1NC(=O)[C@H](CCCN)NC(=O)[C@H](C(C)C)NC(=O)[C@@H]2CCCN2C(=O)[C@@H](Cc2ccccc2)NC(=O)[C@H](C)N(C)C(=O)[C@H](CCCN)NC(=O)[C@H](C(C)C)NC(=O)[C@H](C)N(C)C(=O)[C@@H](Cc2ccccc2)NC1=O. The van der Waals surface area contributed by atoms with Crippen LogP contribution in [0.1, 0.15) is 111 Å². The van der Waals surface area contributed by atoms with Gasteiger partial charge in [0.15, 0.2) is 0 Å². The van der Waals surface area contributed by atoms with Crippen LogP contribution in [0.25, 0.3) is 0 Å². The molecule has 2 heterocycles. The first-order chi connectivity index (χ1) is 37.4. The van der Waals surface area contributed by atoms with Gasteiger partial charge in [0.05, 0.1) is 0 Å². The molecular weight excluding hydrogens is 1010 g/mol. The molecule has 0 bridgehead atoms. The van der Waals surface area contributed by atoms with Crippen LogP contribution in [0.2, 0.25) is 0 Å². The number of amides is 10. The van der Waals surface area contributed by atoms with Gasteiger partial charge >= 0.3 is 0 Å². The zero-order valence-corrected chi connectivity index (χ0v) is 47.8. The van der Waals surface area contributed by atoms with Crippen LogP contribution in [0.3, 0.4) is 0 Å². The predicted molar refractivity (Wildman–Crippen MR) is 299 cm³/mol. The number of benzene rings is 2. The minimum atomic E-state index is -1.26. The lowest BCUT2D eigenvalue weighted by Gasteiger charge is -2.34. The van der Waals surface area contributed by atoms with Gasteiger partial charge in [-0.05, 0) is 101 Å². The van der Waals surface area contributed by atoms with Crippen LogP contribution in [-0.2, 0) is 60.8 Å². The van der Waals surface area contributed by atoms with Crippen LogP contribution < -0.4 is 48.7 Å². The van der Waals surface area contributed by atoms with Crippen LogP contribution in [0.5, 0.6) is 0 Å². The van der Waals surface area contributed by atoms with E-state index in [9.17, 15) is 47.9 Å². The van der Waals surface area contributed by atoms with Gasteiger partial charge in [0.2, 0.25) is 59.1 Å². The van der Waals surface area contributed by atoms with Crippen LogP contribution in [0.15, 0.2) is 60.7 Å². The van der Waals surface area contributed by atoms with E-state index in [1.807, 2.05) is 13.8 Å². The molecule has 2 aromatic carbocycles. The van der Waals surface area contributed by atoms with Crippen molar-refractivity contribution in [1.29, 1.82) is 0 Å². The largest absolute Gasteiger partial charge is 0.343 e. The molecule has 0 unspecified atom stereocenters. The molecule has 10 amide bonds. The van der Waals surface area contributed by atoms with Gasteiger partial charge in [-0.25, -0.2) is 0 Å². The van der Waals surface area contributed by atoms with Crippen molar-refractivity contribution < 1.29 is 47.9 Å². The zero-order chi connectivity index (χ0) is 58.7. The molecule has 0 radical (unpaired) electrons. The van der Waals surface area contributed by atoms with Gasteiger partial charge in [-0.2, -0.15) is 0 Å². The van der Waals surface area contributed by atoms with Gasteiger partial charge in [0.25, 0.3) is 0 Å². The number of fused-ring (bicyclic) bond motifs is 1. The second-order valence-corrected chi connectivity index (χ2v) is 22.1. The minimum absolute atomic E-state index is 0.00502. The summed E-state index contributed by atoms with van der Waals surface area (Å²) in [5.74, 6) is -7.89. The normalized spacial score (nSPS) is 26.5. The summed E-state index contributed by atoms with van der Waals surface area (Å²) in [4.78, 5) is 148. The summed E-state index contributed by atoms with van der Waals surface area (Å²) in [5.41, 5.74) is 13.2. The molecule has 79 heavy (non-hydrogen) atoms. The quantitative estimate of drug-likeness (QED) is 0.124. The Bertz CT molecular complexity index is 2410. The summed E-state index contributed by atoms with van der Waals surface area (Å²) in [5, 5.41) is 19.7. The van der Waals surface area contributed by atoms with Crippen molar-refractivity contribution in [1.82, 2.24) is 51.9 Å². The van der Waals surface area contributed by atoms with Gasteiger partial charge < -0.3 is 63.4 Å². The fraction of sp³-hybridized carbons (Fsp3) is 0.614. The highest BCUT2D eigenvalue weighted by Gasteiger charge is 2.42. The summed E-state index contributed by atoms with van der Waals surface area (Å²) < 4.78 is 0. The molecule has 0 saturated carbocycles. The summed E-state index contributed by atoms with van der Waals surface area (Å²) in [7, 11) is 2.79. The molecule has 436 valence electrons. The molecule has 2 fully saturated rings. The maximum Gasteiger partial charge on any atom is 0.246 e. The number of likely N-dealkylation sites (N-methyl/N-ethyl adjacent to an activating group) is 2. The number of nitrogens with one attached hydrogen (secondary N) is 7. The smallest absolute Gasteiger partial charge is 0.246 e. The zero-order valence-electron chi connectivity index (χ0n) is 47.8. The fourth-order valence-corrected chi connectivity index (χ4v) is 9.65. The summed E-state index contributed by atoms with van der Waals surface area (Å²) in [6, 6.07) is 5.90. The van der Waals surface area contributed by atoms with Crippen LogP contribution in [0.4, 0.5) is 0 Å². The molecule has 22 heteroatoms. The maximum atomic E-state index is 14.7. The van der Waals surface area contributed by atoms with E-state index in [0.717, 1.165) is 9.80 Å². The van der Waals surface area contributed by atoms with Crippen molar-refractivity contribution in [3.05, 3.63) is 71.8 Å². The number of carbonyl (C=O) groups excluding carboxylic acids is 10. The Hall–Kier alpha value is -6.94. The molecule has 2 aromatic rings. The Morgan fingerprint density at radius 3 is 1.35 bits per heavy atom. The van der Waals surface area contributed by atoms with Gasteiger partial charge in [0, 0.05) is 33.5 Å². The summed E-state index contributed by atoms with van der Waals surface area (Å²) >= 11 is 0. The average molecular weight is 1100 g/mol. The lowest BCUT2D eigenvalue weighted by Crippen LogP contribution is -2.62. The first-order valence-electron chi connectivity index (χ1n) is 27.8. The van der Waals surface area contributed by atoms with E-state index in [2.05, 4.69) is 37.2 Å². The molecule has 22 nitrogen and oxygen atoms in total. The first-order valence-corrected chi connectivity index (χ1v) is 27.8. The van der Waals surface area contributed by atoms with Crippen LogP contribution in [0, 0.1) is 17.8 Å². The Labute approximate surface area is 465 Å². The Balaban J connectivity index is 1.82. The second-order valence-electron chi connectivity index (χ2n) is 22.1. The van der Waals surface area contributed by atoms with Crippen molar-refractivity contribution in [3.8, 4) is 0 Å². The highest BCUT2D eigenvalue weighted by atomic mass is 16.2. The van der Waals surface area contributed by atoms with Gasteiger partial charge in [-0.15, -0.1) is 0 Å². The standard InChI is InChI=1S/C57H88N12O10/c1-33(2)30-42-51(73)64-43(31-38-20-13-11-14-21-38)56(78)68(10)37(8)49(71)65-46(34(3)4)54(76)61-41(25-18-28-59)55(77)67(9)36(7)48(70)63-44(32-39-22-15-12-16-23-39)57(79)69-29-19-26-45(69)52(74)66-47(35(5)6)53(75)60-40(24-17-27-58)50(72)62-42/h11-16,20-23,33-37,40-47H,17-19,24-32,58-59H2,1-10H3,(H,60,75)(H,61,76)(H,62,72)(H,63,70)(H,64,73)(H,65,71)(H,66,74)/t36-,37-,40-,41-,42-,43+,44+,45-,46-,47-/m0/s1. The van der Waals surface area contributed by atoms with Crippen molar-refractivity contribution in [2.75, 3.05) is 33.7 Å². The lowest BCUT2D eigenvalue weighted by molar-refractivity contribution is -0.145. The molecule has 0 aliphatic carbocycles. The van der Waals surface area contributed by atoms with Gasteiger partial charge in [-0.1, -0.05) is 102 Å². The van der Waals surface area contributed by atoms with Crippen molar-refractivity contribution in [2.45, 2.75) is 174 Å². The third-order valence-electron chi connectivity index (χ3n) is 14.7. The molecule has 4 rings (SSSR count). The molecule has 0 aromatic heterocycles. The van der Waals surface area contributed by atoms with E-state index in [-0.39, 0.29) is 64.1 Å². The van der Waals surface area contributed by atoms with Gasteiger partial charge in [0.1, 0.15) is 60.4 Å². The number of nitrogens with zero attached hydrogens (tertiary/aromatic N) is 3. The second kappa shape index (κ2) is 31.0. The summed E-state index contributed by atoms with van der Waals surface area (Å²) in [6.45, 7) is 14.0. The van der Waals surface area contributed by atoms with E-state index in [1.165, 1.54) is 32.8 Å². The van der Waals surface area contributed by atoms with E-state index >= 15 is 0 Å². The van der Waals surface area contributed by atoms with Crippen molar-refractivity contribution in [2.24, 2.45) is 29.2 Å². The Morgan fingerprint density at radius 1 is 0.481 bits per heavy atom. The third kappa shape index (κ3) is 18.6. The number of carbonyl (C=O) groups is 10. The molecule has 2 saturated heterocycles. The van der Waals surface area contributed by atoms with E-state index in [0.29, 0.717) is 30.4 Å². The maximum absolute atomic E-state index is 14.7. The van der Waals surface area contributed by atoms with Crippen molar-refractivity contribution in [3.63, 3.8) is 0 Å². The molecular formula is C57H88N12O10. The third-order valence-corrected chi connectivity index (χ3v) is 14.7. The van der Waals surface area contributed by atoms with Crippen LogP contribution >= 0.6 is 0 Å². The lowest BCUT2D eigenvalue weighted by atomic mass is 9.99. The topological polar surface area (TPSA) is 317 Å². The van der Waals surface area contributed by atoms with Crippen molar-refractivity contribution >= 4 is 59.1 Å². The predicted octanol–water partition coefficient (Wildman–Crippen LogP) is 0.400. The minimum Gasteiger partial charge on any atom is -0.343 e. The highest BCUT2D eigenvalue weighted by Crippen LogP contribution is 2.22. The van der Waals surface area contributed by atoms with Gasteiger partial charge in [-0.3, -0.25) is 47.9 Å². The average Bonchev–Trinajstić information content (AvgIpc) is 3.94. The number of hydrogen-bond donors (Lipinski definition) is 9. The van der Waals surface area contributed by atoms with E-state index in [4.69, 9.17) is 11.5 Å². The first kappa shape index (κ1) is 64.6. The van der Waals surface area contributed by atoms with Crippen LogP contribution in [-0.4, -0.2) is 168 Å². The van der Waals surface area contributed by atoms with E-state index < -0.39 is 131 Å². The Kier molecular flexibility index (Phi) is 25.3. The molecule has 10 atom stereocenters. The summed E-state index contributed by atoms with van der Waals surface area (Å²) in [6.07, 6.45) is 1.56. The number of hydrogen-bond acceptors (Lipinski definition) is 12. The van der Waals surface area contributed by atoms with E-state index in [1.54, 1.807) is 88.4 Å². The molecule has 2 aliphatic heterocycles. The monoisotopic (exact) mass is 1100 g/mol. The molecule has 0 spiro atoms. The Morgan fingerprint density at radius 2 is 0.873 bits per heavy atom. The fourth-order valence-electron chi connectivity index (χ4n) is 9.65. The highest BCUT2D eigenvalue weighted by molar-refractivity contribution is 5.99. The molecule has 11 N–H and O–H groups in total. The molecule has 2 aliphatic rings. The number of nitrogens with two attached hydrogens (primary N) is 2.